The van der Waals surface area contributed by atoms with Crippen LogP contribution in [-0.2, 0) is 0 Å². The number of thiophene rings is 1. The highest BCUT2D eigenvalue weighted by Gasteiger charge is 1.94. The Morgan fingerprint density at radius 2 is 2.31 bits per heavy atom. The Balaban J connectivity index is 2.42. The first kappa shape index (κ1) is 8.26. The largest absolute Gasteiger partial charge is 0.313 e. The molecule has 0 radical (unpaired) electrons. The van der Waals surface area contributed by atoms with E-state index in [9.17, 15) is 0 Å². The fraction of sp³-hybridized carbons (Fsp3) is 0.100. The molecule has 0 aliphatic carbocycles. The van der Waals surface area contributed by atoms with Gasteiger partial charge in [-0.05, 0) is 34.5 Å². The van der Waals surface area contributed by atoms with Crippen LogP contribution in [0.15, 0.2) is 34.7 Å². The summed E-state index contributed by atoms with van der Waals surface area (Å²) in [6, 6.07) is 8.44. The number of hydrogen-bond donors (Lipinski definition) is 1. The minimum atomic E-state index is 1.13. The van der Waals surface area contributed by atoms with Crippen molar-refractivity contribution in [3.05, 3.63) is 35.2 Å². The molecule has 0 atom stereocenters. The van der Waals surface area contributed by atoms with Gasteiger partial charge < -0.3 is 5.43 Å². The van der Waals surface area contributed by atoms with E-state index < -0.39 is 0 Å². The van der Waals surface area contributed by atoms with Crippen molar-refractivity contribution >= 4 is 27.6 Å². The first-order valence-corrected chi connectivity index (χ1v) is 4.95. The number of nitrogens with zero attached hydrogens (tertiary/aromatic N) is 1. The molecule has 66 valence electrons. The number of hydrogen-bond acceptors (Lipinski definition) is 3. The molecule has 0 fully saturated rings. The van der Waals surface area contributed by atoms with Crippen molar-refractivity contribution in [1.82, 2.24) is 5.43 Å². The second-order valence-electron chi connectivity index (χ2n) is 2.70. The van der Waals surface area contributed by atoms with Crippen LogP contribution in [0, 0.1) is 0 Å². The minimum absolute atomic E-state index is 1.13. The van der Waals surface area contributed by atoms with Gasteiger partial charge in [-0.2, -0.15) is 5.10 Å². The smallest absolute Gasteiger partial charge is 0.0540 e. The summed E-state index contributed by atoms with van der Waals surface area (Å²) in [5, 5.41) is 7.34. The standard InChI is InChI=1S/C10H10N2S/c1-11-12-7-8-2-3-10-9(6-8)4-5-13-10/h2-7,11H,1H3/b12-7+. The van der Waals surface area contributed by atoms with E-state index in [0.29, 0.717) is 0 Å². The van der Waals surface area contributed by atoms with Gasteiger partial charge in [0.05, 0.1) is 6.21 Å². The molecule has 2 rings (SSSR count). The molecule has 0 aliphatic rings. The van der Waals surface area contributed by atoms with Gasteiger partial charge in [-0.15, -0.1) is 11.3 Å². The summed E-state index contributed by atoms with van der Waals surface area (Å²) >= 11 is 1.76. The Bertz CT molecular complexity index is 431. The Kier molecular flexibility index (Phi) is 2.27. The van der Waals surface area contributed by atoms with Crippen LogP contribution < -0.4 is 5.43 Å². The maximum atomic E-state index is 3.96. The highest BCUT2D eigenvalue weighted by atomic mass is 32.1. The van der Waals surface area contributed by atoms with E-state index in [1.165, 1.54) is 10.1 Å². The highest BCUT2D eigenvalue weighted by molar-refractivity contribution is 7.17. The van der Waals surface area contributed by atoms with Gasteiger partial charge >= 0.3 is 0 Å². The predicted octanol–water partition coefficient (Wildman–Crippen LogP) is 2.45. The third-order valence-electron chi connectivity index (χ3n) is 1.82. The molecule has 0 unspecified atom stereocenters. The number of rotatable bonds is 2. The van der Waals surface area contributed by atoms with Gasteiger partial charge in [0.25, 0.3) is 0 Å². The van der Waals surface area contributed by atoms with E-state index in [4.69, 9.17) is 0 Å². The molecule has 0 saturated carbocycles. The van der Waals surface area contributed by atoms with Crippen molar-refractivity contribution in [1.29, 1.82) is 0 Å². The molecule has 0 amide bonds. The molecule has 1 aromatic carbocycles. The van der Waals surface area contributed by atoms with Crippen molar-refractivity contribution < 1.29 is 0 Å². The van der Waals surface area contributed by atoms with E-state index >= 15 is 0 Å². The molecular formula is C10H10N2S. The molecule has 0 bridgehead atoms. The zero-order valence-electron chi connectivity index (χ0n) is 7.32. The first-order chi connectivity index (χ1) is 6.40. The van der Waals surface area contributed by atoms with Crippen molar-refractivity contribution in [3.63, 3.8) is 0 Å². The Morgan fingerprint density at radius 1 is 1.38 bits per heavy atom. The summed E-state index contributed by atoms with van der Waals surface area (Å²) < 4.78 is 1.32. The summed E-state index contributed by atoms with van der Waals surface area (Å²) in [4.78, 5) is 0. The molecule has 2 nitrogen and oxygen atoms in total. The van der Waals surface area contributed by atoms with E-state index in [2.05, 4.69) is 40.2 Å². The molecule has 1 aromatic heterocycles. The van der Waals surface area contributed by atoms with Crippen LogP contribution >= 0.6 is 11.3 Å². The van der Waals surface area contributed by atoms with Crippen LogP contribution in [0.25, 0.3) is 10.1 Å². The van der Waals surface area contributed by atoms with Crippen molar-refractivity contribution in [2.45, 2.75) is 0 Å². The van der Waals surface area contributed by atoms with Crippen molar-refractivity contribution in [2.24, 2.45) is 5.10 Å². The van der Waals surface area contributed by atoms with Gasteiger partial charge in [0, 0.05) is 11.7 Å². The highest BCUT2D eigenvalue weighted by Crippen LogP contribution is 2.20. The van der Waals surface area contributed by atoms with E-state index in [0.717, 1.165) is 5.56 Å². The average Bonchev–Trinajstić information content (AvgIpc) is 2.61. The monoisotopic (exact) mass is 190 g/mol. The third-order valence-corrected chi connectivity index (χ3v) is 2.72. The summed E-state index contributed by atoms with van der Waals surface area (Å²) in [6.07, 6.45) is 1.82. The molecule has 3 heteroatoms. The molecule has 0 aliphatic heterocycles. The van der Waals surface area contributed by atoms with Crippen molar-refractivity contribution in [3.8, 4) is 0 Å². The van der Waals surface area contributed by atoms with Crippen LogP contribution in [0.2, 0.25) is 0 Å². The molecule has 1 heterocycles. The van der Waals surface area contributed by atoms with Crippen LogP contribution in [0.1, 0.15) is 5.56 Å². The zero-order valence-corrected chi connectivity index (χ0v) is 8.14. The quantitative estimate of drug-likeness (QED) is 0.571. The molecule has 13 heavy (non-hydrogen) atoms. The molecular weight excluding hydrogens is 180 g/mol. The van der Waals surface area contributed by atoms with Crippen LogP contribution in [0.4, 0.5) is 0 Å². The maximum Gasteiger partial charge on any atom is 0.0540 e. The Labute approximate surface area is 80.9 Å². The van der Waals surface area contributed by atoms with Gasteiger partial charge in [-0.3, -0.25) is 0 Å². The number of nitrogens with one attached hydrogen (secondary N) is 1. The van der Waals surface area contributed by atoms with E-state index in [1.807, 2.05) is 6.21 Å². The lowest BCUT2D eigenvalue weighted by molar-refractivity contribution is 0.908. The minimum Gasteiger partial charge on any atom is -0.313 e. The molecule has 0 saturated heterocycles. The second kappa shape index (κ2) is 3.58. The Morgan fingerprint density at radius 3 is 3.15 bits per heavy atom. The molecule has 1 N–H and O–H groups in total. The van der Waals surface area contributed by atoms with Crippen molar-refractivity contribution in [2.75, 3.05) is 7.05 Å². The van der Waals surface area contributed by atoms with Gasteiger partial charge in [0.15, 0.2) is 0 Å². The van der Waals surface area contributed by atoms with Gasteiger partial charge in [-0.25, -0.2) is 0 Å². The van der Waals surface area contributed by atoms with E-state index in [1.54, 1.807) is 18.4 Å². The molecule has 2 aromatic rings. The van der Waals surface area contributed by atoms with Crippen LogP contribution in [0.3, 0.4) is 0 Å². The van der Waals surface area contributed by atoms with Crippen LogP contribution in [0.5, 0.6) is 0 Å². The summed E-state index contributed by atoms with van der Waals surface area (Å²) in [5.74, 6) is 0. The van der Waals surface area contributed by atoms with Gasteiger partial charge in [0.1, 0.15) is 0 Å². The van der Waals surface area contributed by atoms with Crippen LogP contribution in [-0.4, -0.2) is 13.3 Å². The lowest BCUT2D eigenvalue weighted by atomic mass is 10.2. The number of fused-ring (bicyclic) bond motifs is 1. The summed E-state index contributed by atoms with van der Waals surface area (Å²) in [6.45, 7) is 0. The number of hydrazone groups is 1. The third kappa shape index (κ3) is 1.70. The number of benzene rings is 1. The second-order valence-corrected chi connectivity index (χ2v) is 3.65. The lowest BCUT2D eigenvalue weighted by Gasteiger charge is -1.93. The zero-order chi connectivity index (χ0) is 9.10. The normalized spacial score (nSPS) is 11.2. The Hall–Kier alpha value is -1.35. The van der Waals surface area contributed by atoms with E-state index in [-0.39, 0.29) is 0 Å². The first-order valence-electron chi connectivity index (χ1n) is 4.07. The predicted molar refractivity (Wildman–Crippen MR) is 58.5 cm³/mol. The fourth-order valence-corrected chi connectivity index (χ4v) is 1.98. The summed E-state index contributed by atoms with van der Waals surface area (Å²) in [7, 11) is 1.79. The van der Waals surface area contributed by atoms with Gasteiger partial charge in [-0.1, -0.05) is 6.07 Å². The summed E-state index contributed by atoms with van der Waals surface area (Å²) in [5.41, 5.74) is 3.86. The topological polar surface area (TPSA) is 24.4 Å². The average molecular weight is 190 g/mol. The van der Waals surface area contributed by atoms with Gasteiger partial charge in [0.2, 0.25) is 0 Å². The fourth-order valence-electron chi connectivity index (χ4n) is 1.20. The maximum absolute atomic E-state index is 3.96. The molecule has 0 spiro atoms. The lowest BCUT2D eigenvalue weighted by Crippen LogP contribution is -1.94. The SMILES string of the molecule is CN/N=C/c1ccc2sccc2c1.